The molecule has 0 aliphatic carbocycles. The van der Waals surface area contributed by atoms with Gasteiger partial charge in [0.1, 0.15) is 5.69 Å². The van der Waals surface area contributed by atoms with E-state index in [4.69, 9.17) is 0 Å². The van der Waals surface area contributed by atoms with Crippen LogP contribution in [0.5, 0.6) is 0 Å². The van der Waals surface area contributed by atoms with Gasteiger partial charge in [0.2, 0.25) is 0 Å². The molecule has 24 heavy (non-hydrogen) atoms. The molecule has 0 saturated heterocycles. The summed E-state index contributed by atoms with van der Waals surface area (Å²) in [5.41, 5.74) is 3.12. The number of nitrogens with zero attached hydrogens (tertiary/aromatic N) is 4. The molecular weight excluding hydrogens is 302 g/mol. The SMILES string of the molecule is Cc1cccc(C(=O)NC(C)c2cnn(-c3ccccn3)c2C)n1. The lowest BCUT2D eigenvalue weighted by atomic mass is 10.1. The van der Waals surface area contributed by atoms with Crippen molar-refractivity contribution in [1.82, 2.24) is 25.1 Å². The number of aryl methyl sites for hydroxylation is 1. The predicted octanol–water partition coefficient (Wildman–Crippen LogP) is 2.77. The van der Waals surface area contributed by atoms with Gasteiger partial charge in [-0.2, -0.15) is 5.10 Å². The molecule has 3 heterocycles. The molecule has 0 fully saturated rings. The van der Waals surface area contributed by atoms with Gasteiger partial charge >= 0.3 is 0 Å². The van der Waals surface area contributed by atoms with Gasteiger partial charge in [-0.1, -0.05) is 12.1 Å². The standard InChI is InChI=1S/C18H19N5O/c1-12-7-6-8-16(21-12)18(24)22-13(2)15-11-20-23(14(15)3)17-9-4-5-10-19-17/h4-11,13H,1-3H3,(H,22,24). The number of carbonyl (C=O) groups excluding carboxylic acids is 1. The molecule has 0 aliphatic heterocycles. The third-order valence-electron chi connectivity index (χ3n) is 3.85. The van der Waals surface area contributed by atoms with Gasteiger partial charge in [0.15, 0.2) is 5.82 Å². The lowest BCUT2D eigenvalue weighted by Crippen LogP contribution is -2.27. The van der Waals surface area contributed by atoms with Crippen molar-refractivity contribution < 1.29 is 4.79 Å². The zero-order valence-corrected chi connectivity index (χ0v) is 13.9. The third kappa shape index (κ3) is 3.17. The molecule has 1 amide bonds. The van der Waals surface area contributed by atoms with Crippen molar-refractivity contribution in [2.45, 2.75) is 26.8 Å². The van der Waals surface area contributed by atoms with E-state index in [1.165, 1.54) is 0 Å². The molecule has 6 heteroatoms. The van der Waals surface area contributed by atoms with Crippen molar-refractivity contribution in [1.29, 1.82) is 0 Å². The van der Waals surface area contributed by atoms with E-state index >= 15 is 0 Å². The average molecular weight is 321 g/mol. The Morgan fingerprint density at radius 3 is 2.71 bits per heavy atom. The number of aromatic nitrogens is 4. The van der Waals surface area contributed by atoms with Crippen LogP contribution in [0.15, 0.2) is 48.8 Å². The summed E-state index contributed by atoms with van der Waals surface area (Å²) in [5, 5.41) is 7.36. The van der Waals surface area contributed by atoms with Gasteiger partial charge in [-0.05, 0) is 45.0 Å². The maximum absolute atomic E-state index is 12.4. The molecule has 0 spiro atoms. The van der Waals surface area contributed by atoms with E-state index < -0.39 is 0 Å². The molecule has 0 saturated carbocycles. The molecule has 1 N–H and O–H groups in total. The Hall–Kier alpha value is -3.02. The molecule has 122 valence electrons. The number of nitrogens with one attached hydrogen (secondary N) is 1. The maximum atomic E-state index is 12.4. The van der Waals surface area contributed by atoms with Gasteiger partial charge in [-0.25, -0.2) is 14.6 Å². The van der Waals surface area contributed by atoms with Crippen LogP contribution in [-0.2, 0) is 0 Å². The quantitative estimate of drug-likeness (QED) is 0.802. The Bertz CT molecular complexity index is 857. The molecule has 0 radical (unpaired) electrons. The van der Waals surface area contributed by atoms with Gasteiger partial charge < -0.3 is 5.32 Å². The summed E-state index contributed by atoms with van der Waals surface area (Å²) in [6.07, 6.45) is 3.49. The average Bonchev–Trinajstić information content (AvgIpc) is 2.97. The monoisotopic (exact) mass is 321 g/mol. The van der Waals surface area contributed by atoms with Gasteiger partial charge in [-0.3, -0.25) is 4.79 Å². The zero-order chi connectivity index (χ0) is 17.1. The molecule has 3 aromatic heterocycles. The number of amides is 1. The fraction of sp³-hybridized carbons (Fsp3) is 0.222. The molecule has 0 aliphatic rings. The van der Waals surface area contributed by atoms with Crippen molar-refractivity contribution in [3.8, 4) is 5.82 Å². The molecular formula is C18H19N5O. The number of carbonyl (C=O) groups is 1. The molecule has 1 unspecified atom stereocenters. The molecule has 3 aromatic rings. The minimum Gasteiger partial charge on any atom is -0.344 e. The second kappa shape index (κ2) is 6.62. The van der Waals surface area contributed by atoms with Crippen molar-refractivity contribution in [3.05, 3.63) is 71.4 Å². The van der Waals surface area contributed by atoms with Crippen molar-refractivity contribution in [3.63, 3.8) is 0 Å². The number of rotatable bonds is 4. The molecule has 3 rings (SSSR count). The first-order valence-electron chi connectivity index (χ1n) is 7.76. The normalized spacial score (nSPS) is 12.0. The predicted molar refractivity (Wildman–Crippen MR) is 91.0 cm³/mol. The van der Waals surface area contributed by atoms with Gasteiger partial charge in [0.25, 0.3) is 5.91 Å². The van der Waals surface area contributed by atoms with Crippen LogP contribution < -0.4 is 5.32 Å². The largest absolute Gasteiger partial charge is 0.344 e. The first-order chi connectivity index (χ1) is 11.6. The highest BCUT2D eigenvalue weighted by atomic mass is 16.1. The smallest absolute Gasteiger partial charge is 0.270 e. The van der Waals surface area contributed by atoms with E-state index in [0.29, 0.717) is 5.69 Å². The Morgan fingerprint density at radius 2 is 2.00 bits per heavy atom. The number of hydrogen-bond donors (Lipinski definition) is 1. The van der Waals surface area contributed by atoms with Crippen LogP contribution in [0.1, 0.15) is 40.4 Å². The van der Waals surface area contributed by atoms with Gasteiger partial charge in [-0.15, -0.1) is 0 Å². The Labute approximate surface area is 140 Å². The second-order valence-electron chi connectivity index (χ2n) is 5.64. The summed E-state index contributed by atoms with van der Waals surface area (Å²) in [4.78, 5) is 20.9. The van der Waals surface area contributed by atoms with E-state index in [0.717, 1.165) is 22.8 Å². The van der Waals surface area contributed by atoms with Crippen molar-refractivity contribution in [2.24, 2.45) is 0 Å². The highest BCUT2D eigenvalue weighted by Gasteiger charge is 2.18. The second-order valence-corrected chi connectivity index (χ2v) is 5.64. The van der Waals surface area contributed by atoms with E-state index in [-0.39, 0.29) is 11.9 Å². The van der Waals surface area contributed by atoms with Crippen LogP contribution in [0.3, 0.4) is 0 Å². The zero-order valence-electron chi connectivity index (χ0n) is 13.9. The van der Waals surface area contributed by atoms with Crippen molar-refractivity contribution >= 4 is 5.91 Å². The first-order valence-corrected chi connectivity index (χ1v) is 7.76. The van der Waals surface area contributed by atoms with E-state index in [1.807, 2.05) is 51.1 Å². The molecule has 6 nitrogen and oxygen atoms in total. The van der Waals surface area contributed by atoms with Crippen molar-refractivity contribution in [2.75, 3.05) is 0 Å². The highest BCUT2D eigenvalue weighted by molar-refractivity contribution is 5.92. The van der Waals surface area contributed by atoms with Gasteiger partial charge in [0, 0.05) is 23.1 Å². The van der Waals surface area contributed by atoms with Crippen LogP contribution in [0.2, 0.25) is 0 Å². The minimum absolute atomic E-state index is 0.183. The first kappa shape index (κ1) is 15.9. The fourth-order valence-electron chi connectivity index (χ4n) is 2.58. The van der Waals surface area contributed by atoms with Gasteiger partial charge in [0.05, 0.1) is 12.2 Å². The van der Waals surface area contributed by atoms with Crippen LogP contribution >= 0.6 is 0 Å². The summed E-state index contributed by atoms with van der Waals surface area (Å²) in [6, 6.07) is 10.9. The number of pyridine rings is 2. The molecule has 0 aromatic carbocycles. The number of hydrogen-bond acceptors (Lipinski definition) is 4. The highest BCUT2D eigenvalue weighted by Crippen LogP contribution is 2.19. The van der Waals surface area contributed by atoms with Crippen LogP contribution in [-0.4, -0.2) is 25.7 Å². The topological polar surface area (TPSA) is 72.7 Å². The van der Waals surface area contributed by atoms with Crippen LogP contribution in [0.4, 0.5) is 0 Å². The summed E-state index contributed by atoms with van der Waals surface area (Å²) in [5.74, 6) is 0.552. The molecule has 1 atom stereocenters. The summed E-state index contributed by atoms with van der Waals surface area (Å²) < 4.78 is 1.77. The fourth-order valence-corrected chi connectivity index (χ4v) is 2.58. The third-order valence-corrected chi connectivity index (χ3v) is 3.85. The van der Waals surface area contributed by atoms with E-state index in [1.54, 1.807) is 23.1 Å². The lowest BCUT2D eigenvalue weighted by molar-refractivity contribution is 0.0934. The summed E-state index contributed by atoms with van der Waals surface area (Å²) >= 11 is 0. The van der Waals surface area contributed by atoms with E-state index in [9.17, 15) is 4.79 Å². The lowest BCUT2D eigenvalue weighted by Gasteiger charge is -2.14. The maximum Gasteiger partial charge on any atom is 0.270 e. The Balaban J connectivity index is 1.80. The minimum atomic E-state index is -0.198. The molecule has 0 bridgehead atoms. The Kier molecular flexibility index (Phi) is 4.37. The summed E-state index contributed by atoms with van der Waals surface area (Å²) in [7, 11) is 0. The van der Waals surface area contributed by atoms with Crippen LogP contribution in [0, 0.1) is 13.8 Å². The van der Waals surface area contributed by atoms with E-state index in [2.05, 4.69) is 20.4 Å². The summed E-state index contributed by atoms with van der Waals surface area (Å²) in [6.45, 7) is 5.76. The Morgan fingerprint density at radius 1 is 1.17 bits per heavy atom. The van der Waals surface area contributed by atoms with Crippen LogP contribution in [0.25, 0.3) is 5.82 Å².